The predicted octanol–water partition coefficient (Wildman–Crippen LogP) is 18.1. The molecule has 0 aromatic carbocycles. The molecule has 0 saturated heterocycles. The number of unbranched alkanes of at least 4 members (excludes halogenated alkanes) is 21. The lowest BCUT2D eigenvalue weighted by atomic mass is 10.1. The molecule has 0 aliphatic rings. The van der Waals surface area contributed by atoms with Crippen LogP contribution in [0.5, 0.6) is 0 Å². The van der Waals surface area contributed by atoms with Crippen molar-refractivity contribution in [2.24, 2.45) is 0 Å². The lowest BCUT2D eigenvalue weighted by molar-refractivity contribution is -0.167. The number of ether oxygens (including phenoxy) is 3. The molecule has 0 aliphatic carbocycles. The van der Waals surface area contributed by atoms with E-state index < -0.39 is 6.10 Å². The van der Waals surface area contributed by atoms with E-state index in [9.17, 15) is 14.4 Å². The summed E-state index contributed by atoms with van der Waals surface area (Å²) in [6.45, 7) is 6.36. The highest BCUT2D eigenvalue weighted by molar-refractivity contribution is 5.71. The van der Waals surface area contributed by atoms with E-state index in [1.807, 2.05) is 0 Å². The first-order chi connectivity index (χ1) is 32.5. The molecule has 0 aliphatic heterocycles. The number of carbonyl (C=O) groups is 3. The van der Waals surface area contributed by atoms with Crippen LogP contribution in [0.2, 0.25) is 0 Å². The third-order valence-electron chi connectivity index (χ3n) is 11.3. The van der Waals surface area contributed by atoms with E-state index in [0.29, 0.717) is 19.3 Å². The van der Waals surface area contributed by atoms with Crippen molar-refractivity contribution in [1.82, 2.24) is 0 Å². The maximum atomic E-state index is 12.8. The highest BCUT2D eigenvalue weighted by Crippen LogP contribution is 2.14. The Kier molecular flexibility index (Phi) is 50.9. The van der Waals surface area contributed by atoms with Crippen molar-refractivity contribution in [2.75, 3.05) is 13.2 Å². The number of rotatable bonds is 48. The molecule has 6 heteroatoms. The Morgan fingerprint density at radius 3 is 0.924 bits per heavy atom. The number of hydrogen-bond acceptors (Lipinski definition) is 6. The van der Waals surface area contributed by atoms with Gasteiger partial charge in [0.15, 0.2) is 6.10 Å². The molecule has 0 fully saturated rings. The minimum atomic E-state index is -0.794. The zero-order valence-electron chi connectivity index (χ0n) is 42.9. The summed E-state index contributed by atoms with van der Waals surface area (Å²) >= 11 is 0. The average Bonchev–Trinajstić information content (AvgIpc) is 3.31. The van der Waals surface area contributed by atoms with E-state index in [-0.39, 0.29) is 31.1 Å². The van der Waals surface area contributed by atoms with Crippen molar-refractivity contribution in [1.29, 1.82) is 0 Å². The van der Waals surface area contributed by atoms with Gasteiger partial charge in [0, 0.05) is 19.3 Å². The van der Waals surface area contributed by atoms with E-state index in [0.717, 1.165) is 141 Å². The maximum absolute atomic E-state index is 12.8. The van der Waals surface area contributed by atoms with E-state index in [1.165, 1.54) is 64.2 Å². The van der Waals surface area contributed by atoms with Crippen molar-refractivity contribution in [3.63, 3.8) is 0 Å². The molecule has 0 bridgehead atoms. The molecular weight excluding hydrogens is 817 g/mol. The van der Waals surface area contributed by atoms with Gasteiger partial charge in [-0.1, -0.05) is 208 Å². The Labute approximate surface area is 407 Å². The van der Waals surface area contributed by atoms with Crippen LogP contribution < -0.4 is 0 Å². The van der Waals surface area contributed by atoms with Crippen molar-refractivity contribution in [3.8, 4) is 0 Å². The quantitative estimate of drug-likeness (QED) is 0.0262. The molecular formula is C60H100O6. The Morgan fingerprint density at radius 2 is 0.591 bits per heavy atom. The number of carbonyl (C=O) groups excluding carboxylic acids is 3. The molecule has 0 saturated carbocycles. The number of esters is 3. The molecule has 6 nitrogen and oxygen atoms in total. The van der Waals surface area contributed by atoms with E-state index in [2.05, 4.69) is 118 Å². The molecule has 66 heavy (non-hydrogen) atoms. The first-order valence-electron chi connectivity index (χ1n) is 27.2. The summed E-state index contributed by atoms with van der Waals surface area (Å²) in [5.41, 5.74) is 0. The van der Waals surface area contributed by atoms with E-state index in [4.69, 9.17) is 14.2 Å². The summed E-state index contributed by atoms with van der Waals surface area (Å²) in [5, 5.41) is 0. The number of allylic oxidation sites excluding steroid dienone is 16. The topological polar surface area (TPSA) is 78.9 Å². The fraction of sp³-hybridized carbons (Fsp3) is 0.683. The van der Waals surface area contributed by atoms with Crippen LogP contribution in [0.15, 0.2) is 97.2 Å². The first-order valence-corrected chi connectivity index (χ1v) is 27.2. The molecule has 0 aromatic heterocycles. The van der Waals surface area contributed by atoms with Gasteiger partial charge in [-0.2, -0.15) is 0 Å². The highest BCUT2D eigenvalue weighted by Gasteiger charge is 2.19. The molecule has 0 radical (unpaired) electrons. The van der Waals surface area contributed by atoms with Gasteiger partial charge in [-0.15, -0.1) is 0 Å². The van der Waals surface area contributed by atoms with Gasteiger partial charge in [0.05, 0.1) is 0 Å². The van der Waals surface area contributed by atoms with Crippen LogP contribution in [0.1, 0.15) is 245 Å². The zero-order chi connectivity index (χ0) is 47.9. The lowest BCUT2D eigenvalue weighted by Gasteiger charge is -2.18. The molecule has 0 spiro atoms. The van der Waals surface area contributed by atoms with E-state index >= 15 is 0 Å². The summed E-state index contributed by atoms with van der Waals surface area (Å²) in [4.78, 5) is 38.1. The highest BCUT2D eigenvalue weighted by atomic mass is 16.6. The van der Waals surface area contributed by atoms with Crippen LogP contribution in [-0.2, 0) is 28.6 Å². The molecule has 376 valence electrons. The van der Waals surface area contributed by atoms with Crippen molar-refractivity contribution in [2.45, 2.75) is 252 Å². The van der Waals surface area contributed by atoms with E-state index in [1.54, 1.807) is 0 Å². The Morgan fingerprint density at radius 1 is 0.318 bits per heavy atom. The van der Waals surface area contributed by atoms with Crippen LogP contribution in [-0.4, -0.2) is 37.2 Å². The van der Waals surface area contributed by atoms with Crippen LogP contribution in [0.3, 0.4) is 0 Å². The molecule has 0 amide bonds. The molecule has 1 atom stereocenters. The monoisotopic (exact) mass is 917 g/mol. The summed E-state index contributed by atoms with van der Waals surface area (Å²) in [7, 11) is 0. The SMILES string of the molecule is CC/C=C\C/C=C\C/C=C\C/C=C\CCCCCCCCC(=O)OCC(COC(=O)CCCCCCC/C=C\C/C=C\CC)OC(=O)CCCCCCCCC/C=C\C/C=C\CCCCC. The van der Waals surface area contributed by atoms with Gasteiger partial charge in [0.25, 0.3) is 0 Å². The van der Waals surface area contributed by atoms with Gasteiger partial charge in [-0.25, -0.2) is 0 Å². The van der Waals surface area contributed by atoms with Crippen LogP contribution in [0, 0.1) is 0 Å². The summed E-state index contributed by atoms with van der Waals surface area (Å²) in [5.74, 6) is -0.930. The van der Waals surface area contributed by atoms with Crippen LogP contribution >= 0.6 is 0 Å². The van der Waals surface area contributed by atoms with Crippen molar-refractivity contribution < 1.29 is 28.6 Å². The Balaban J connectivity index is 4.42. The second-order valence-electron chi connectivity index (χ2n) is 17.7. The Hall–Kier alpha value is -3.67. The van der Waals surface area contributed by atoms with Crippen LogP contribution in [0.4, 0.5) is 0 Å². The lowest BCUT2D eigenvalue weighted by Crippen LogP contribution is -2.30. The number of hydrogen-bond donors (Lipinski definition) is 0. The largest absolute Gasteiger partial charge is 0.462 e. The molecule has 0 heterocycles. The van der Waals surface area contributed by atoms with Gasteiger partial charge < -0.3 is 14.2 Å². The van der Waals surface area contributed by atoms with Crippen molar-refractivity contribution >= 4 is 17.9 Å². The third kappa shape index (κ3) is 51.3. The second-order valence-corrected chi connectivity index (χ2v) is 17.7. The minimum absolute atomic E-state index is 0.0938. The summed E-state index contributed by atoms with van der Waals surface area (Å²) in [6.07, 6.45) is 71.0. The second kappa shape index (κ2) is 53.9. The van der Waals surface area contributed by atoms with Gasteiger partial charge in [0.1, 0.15) is 13.2 Å². The fourth-order valence-corrected chi connectivity index (χ4v) is 7.27. The van der Waals surface area contributed by atoms with Crippen LogP contribution in [0.25, 0.3) is 0 Å². The third-order valence-corrected chi connectivity index (χ3v) is 11.3. The standard InChI is InChI=1S/C60H100O6/c1-4-7-10-13-16-19-22-25-27-29-30-32-33-35-38-41-44-47-50-53-59(62)65-56-57(55-64-58(61)52-49-46-43-40-37-24-21-18-15-12-9-6-3)66-60(63)54-51-48-45-42-39-36-34-31-28-26-23-20-17-14-11-8-5-2/h7,9-10,12,16-21,25-28,30,32,57H,4-6,8,11,13-15,22-24,29,31,33-56H2,1-3H3/b10-7-,12-9-,19-16-,20-17-,21-18-,27-25-,28-26-,32-30-. The Bertz CT molecular complexity index is 1330. The summed E-state index contributed by atoms with van der Waals surface area (Å²) < 4.78 is 16.8. The van der Waals surface area contributed by atoms with Gasteiger partial charge >= 0.3 is 17.9 Å². The first kappa shape index (κ1) is 62.3. The molecule has 0 N–H and O–H groups in total. The van der Waals surface area contributed by atoms with Gasteiger partial charge in [-0.05, 0) is 116 Å². The maximum Gasteiger partial charge on any atom is 0.306 e. The van der Waals surface area contributed by atoms with Gasteiger partial charge in [0.2, 0.25) is 0 Å². The molecule has 1 unspecified atom stereocenters. The van der Waals surface area contributed by atoms with Crippen molar-refractivity contribution in [3.05, 3.63) is 97.2 Å². The minimum Gasteiger partial charge on any atom is -0.462 e. The normalized spacial score (nSPS) is 12.8. The fourth-order valence-electron chi connectivity index (χ4n) is 7.27. The molecule has 0 aromatic rings. The zero-order valence-corrected chi connectivity index (χ0v) is 42.9. The predicted molar refractivity (Wildman–Crippen MR) is 284 cm³/mol. The van der Waals surface area contributed by atoms with Gasteiger partial charge in [-0.3, -0.25) is 14.4 Å². The average molecular weight is 917 g/mol. The molecule has 0 rings (SSSR count). The smallest absolute Gasteiger partial charge is 0.306 e. The summed E-state index contributed by atoms with van der Waals surface area (Å²) in [6, 6.07) is 0.